The molecule has 1 nitrogen and oxygen atoms in total. The lowest BCUT2D eigenvalue weighted by Gasteiger charge is -2.46. The normalized spacial score (nSPS) is 15.8. The van der Waals surface area contributed by atoms with Crippen LogP contribution in [0.1, 0.15) is 44.4 Å². The molecule has 216 valence electrons. The number of para-hydroxylation sites is 1. The zero-order valence-corrected chi connectivity index (χ0v) is 26.2. The first kappa shape index (κ1) is 26.3. The molecule has 7 aromatic rings. The molecule has 0 bridgehead atoms. The number of rotatable bonds is 2. The molecule has 0 radical (unpaired) electrons. The van der Waals surface area contributed by atoms with Crippen LogP contribution in [-0.2, 0) is 10.8 Å². The van der Waals surface area contributed by atoms with Crippen LogP contribution < -0.4 is 4.90 Å². The number of anilines is 2. The summed E-state index contributed by atoms with van der Waals surface area (Å²) in [5.41, 5.74) is 11.7. The van der Waals surface area contributed by atoms with Gasteiger partial charge in [-0.1, -0.05) is 149 Å². The molecule has 0 N–H and O–H groups in total. The Morgan fingerprint density at radius 3 is 1.71 bits per heavy atom. The molecule has 2 heterocycles. The molecular formula is C44H35N. The fourth-order valence-electron chi connectivity index (χ4n) is 8.14. The topological polar surface area (TPSA) is 3.24 Å². The first-order valence-corrected chi connectivity index (χ1v) is 16.0. The largest absolute Gasteiger partial charge is 0.317 e. The van der Waals surface area contributed by atoms with E-state index < -0.39 is 0 Å². The Morgan fingerprint density at radius 2 is 1.02 bits per heavy atom. The highest BCUT2D eigenvalue weighted by molar-refractivity contribution is 6.25. The van der Waals surface area contributed by atoms with Crippen LogP contribution in [0.25, 0.3) is 54.6 Å². The van der Waals surface area contributed by atoms with E-state index in [0.717, 1.165) is 0 Å². The van der Waals surface area contributed by atoms with Crippen molar-refractivity contribution in [2.75, 3.05) is 4.90 Å². The Hall–Kier alpha value is -5.14. The van der Waals surface area contributed by atoms with E-state index in [9.17, 15) is 0 Å². The number of benzene rings is 7. The van der Waals surface area contributed by atoms with Gasteiger partial charge in [0, 0.05) is 22.7 Å². The van der Waals surface area contributed by atoms with Crippen molar-refractivity contribution in [1.82, 2.24) is 0 Å². The molecular weight excluding hydrogens is 542 g/mol. The molecule has 0 saturated heterocycles. The van der Waals surface area contributed by atoms with E-state index in [0.29, 0.717) is 0 Å². The van der Waals surface area contributed by atoms with Gasteiger partial charge in [-0.15, -0.1) is 0 Å². The van der Waals surface area contributed by atoms with Crippen LogP contribution in [-0.4, -0.2) is 0 Å². The smallest absolute Gasteiger partial charge is 0.0543 e. The molecule has 0 amide bonds. The summed E-state index contributed by atoms with van der Waals surface area (Å²) in [5, 5.41) is 7.86. The lowest BCUT2D eigenvalue weighted by Crippen LogP contribution is -2.35. The summed E-state index contributed by atoms with van der Waals surface area (Å²) in [6.07, 6.45) is 4.66. The SMILES string of the molecule is CC1(C)C=CN2c3ccccc3C(C)(C)c3ccc(-c4ccc(-c5ccc6c7ccccc7c7ccccc7c6c5)cc4)c1c32. The van der Waals surface area contributed by atoms with E-state index in [4.69, 9.17) is 0 Å². The van der Waals surface area contributed by atoms with Crippen molar-refractivity contribution in [1.29, 1.82) is 0 Å². The van der Waals surface area contributed by atoms with Crippen LogP contribution in [0.15, 0.2) is 140 Å². The van der Waals surface area contributed by atoms with E-state index in [-0.39, 0.29) is 10.8 Å². The summed E-state index contributed by atoms with van der Waals surface area (Å²) in [4.78, 5) is 2.43. The lowest BCUT2D eigenvalue weighted by molar-refractivity contribution is 0.609. The molecule has 0 spiro atoms. The monoisotopic (exact) mass is 577 g/mol. The molecule has 2 aliphatic heterocycles. The molecule has 0 fully saturated rings. The predicted octanol–water partition coefficient (Wildman–Crippen LogP) is 12.1. The van der Waals surface area contributed by atoms with Gasteiger partial charge in [-0.05, 0) is 83.4 Å². The van der Waals surface area contributed by atoms with Gasteiger partial charge in [-0.25, -0.2) is 0 Å². The Kier molecular flexibility index (Phi) is 5.37. The van der Waals surface area contributed by atoms with E-state index in [1.165, 1.54) is 82.6 Å². The zero-order chi connectivity index (χ0) is 30.5. The summed E-state index contributed by atoms with van der Waals surface area (Å²) in [6, 6.07) is 47.4. The van der Waals surface area contributed by atoms with E-state index >= 15 is 0 Å². The van der Waals surface area contributed by atoms with Crippen LogP contribution in [0.4, 0.5) is 11.4 Å². The van der Waals surface area contributed by atoms with E-state index in [1.807, 2.05) is 0 Å². The fraction of sp³-hybridized carbons (Fsp3) is 0.136. The van der Waals surface area contributed by atoms with Crippen molar-refractivity contribution in [3.05, 3.63) is 156 Å². The molecule has 9 rings (SSSR count). The van der Waals surface area contributed by atoms with Crippen LogP contribution in [0.5, 0.6) is 0 Å². The van der Waals surface area contributed by atoms with Crippen molar-refractivity contribution in [3.63, 3.8) is 0 Å². The number of fused-ring (bicyclic) bond motifs is 8. The Morgan fingerprint density at radius 1 is 0.467 bits per heavy atom. The second-order valence-electron chi connectivity index (χ2n) is 13.9. The average molecular weight is 578 g/mol. The summed E-state index contributed by atoms with van der Waals surface area (Å²) in [6.45, 7) is 9.44. The molecule has 0 aliphatic carbocycles. The maximum atomic E-state index is 2.43. The molecule has 0 unspecified atom stereocenters. The number of allylic oxidation sites excluding steroid dienone is 1. The quantitative estimate of drug-likeness (QED) is 0.185. The fourth-order valence-corrected chi connectivity index (χ4v) is 8.14. The number of hydrogen-bond donors (Lipinski definition) is 0. The third-order valence-corrected chi connectivity index (χ3v) is 10.5. The standard InChI is InChI=1S/C44H35N/c1-43(2)25-26-45-40-16-10-9-15-38(40)44(3,4)39-24-23-31(41(43)42(39)45)29-19-17-28(18-20-29)30-21-22-36-34-13-6-5-11-32(34)33-12-7-8-14-35(33)37(36)27-30/h5-27H,1-4H3. The third-order valence-electron chi connectivity index (χ3n) is 10.5. The summed E-state index contributed by atoms with van der Waals surface area (Å²) in [5.74, 6) is 0. The maximum Gasteiger partial charge on any atom is 0.0543 e. The minimum absolute atomic E-state index is 0.0770. The Balaban J connectivity index is 1.18. The molecule has 45 heavy (non-hydrogen) atoms. The Labute approximate surface area is 265 Å². The van der Waals surface area contributed by atoms with Gasteiger partial charge < -0.3 is 4.90 Å². The summed E-state index contributed by atoms with van der Waals surface area (Å²) < 4.78 is 0. The van der Waals surface area contributed by atoms with Crippen LogP contribution >= 0.6 is 0 Å². The molecule has 0 saturated carbocycles. The minimum atomic E-state index is -0.0968. The second kappa shape index (κ2) is 9.19. The summed E-state index contributed by atoms with van der Waals surface area (Å²) >= 11 is 0. The highest BCUT2D eigenvalue weighted by Crippen LogP contribution is 2.56. The number of hydrogen-bond acceptors (Lipinski definition) is 1. The van der Waals surface area contributed by atoms with Gasteiger partial charge in [0.1, 0.15) is 0 Å². The van der Waals surface area contributed by atoms with Gasteiger partial charge in [-0.3, -0.25) is 0 Å². The average Bonchev–Trinajstić information content (AvgIpc) is 3.07. The summed E-state index contributed by atoms with van der Waals surface area (Å²) in [7, 11) is 0. The minimum Gasteiger partial charge on any atom is -0.317 e. The third kappa shape index (κ3) is 3.68. The van der Waals surface area contributed by atoms with Crippen LogP contribution in [0.3, 0.4) is 0 Å². The van der Waals surface area contributed by atoms with Gasteiger partial charge in [0.2, 0.25) is 0 Å². The van der Waals surface area contributed by atoms with Gasteiger partial charge >= 0.3 is 0 Å². The van der Waals surface area contributed by atoms with Gasteiger partial charge in [0.05, 0.1) is 5.69 Å². The lowest BCUT2D eigenvalue weighted by atomic mass is 9.68. The molecule has 0 aromatic heterocycles. The van der Waals surface area contributed by atoms with Crippen LogP contribution in [0.2, 0.25) is 0 Å². The van der Waals surface area contributed by atoms with Gasteiger partial charge in [0.25, 0.3) is 0 Å². The van der Waals surface area contributed by atoms with Crippen molar-refractivity contribution < 1.29 is 0 Å². The molecule has 7 aromatic carbocycles. The molecule has 1 heteroatoms. The maximum absolute atomic E-state index is 2.43. The number of nitrogens with zero attached hydrogens (tertiary/aromatic N) is 1. The second-order valence-corrected chi connectivity index (χ2v) is 13.9. The van der Waals surface area contributed by atoms with Gasteiger partial charge in [-0.2, -0.15) is 0 Å². The predicted molar refractivity (Wildman–Crippen MR) is 193 cm³/mol. The van der Waals surface area contributed by atoms with E-state index in [1.54, 1.807) is 0 Å². The molecule has 2 aliphatic rings. The van der Waals surface area contributed by atoms with Crippen molar-refractivity contribution >= 4 is 43.7 Å². The van der Waals surface area contributed by atoms with Crippen molar-refractivity contribution in [2.24, 2.45) is 0 Å². The van der Waals surface area contributed by atoms with Crippen molar-refractivity contribution in [3.8, 4) is 22.3 Å². The van der Waals surface area contributed by atoms with E-state index in [2.05, 4.69) is 172 Å². The zero-order valence-electron chi connectivity index (χ0n) is 26.2. The van der Waals surface area contributed by atoms with Gasteiger partial charge in [0.15, 0.2) is 0 Å². The highest BCUT2D eigenvalue weighted by atomic mass is 15.1. The van der Waals surface area contributed by atoms with Crippen LogP contribution in [0, 0.1) is 0 Å². The highest BCUT2D eigenvalue weighted by Gasteiger charge is 2.42. The molecule has 0 atom stereocenters. The first-order chi connectivity index (χ1) is 21.8. The Bertz CT molecular complexity index is 2330. The first-order valence-electron chi connectivity index (χ1n) is 16.0. The van der Waals surface area contributed by atoms with Crippen molar-refractivity contribution in [2.45, 2.75) is 38.5 Å².